The van der Waals surface area contributed by atoms with Crippen LogP contribution in [0.25, 0.3) is 0 Å². The van der Waals surface area contributed by atoms with Gasteiger partial charge in [0.25, 0.3) is 0 Å². The lowest BCUT2D eigenvalue weighted by Gasteiger charge is -2.20. The predicted molar refractivity (Wildman–Crippen MR) is 41.3 cm³/mol. The fourth-order valence-electron chi connectivity index (χ4n) is 1.05. The van der Waals surface area contributed by atoms with Crippen molar-refractivity contribution in [3.8, 4) is 0 Å². The maximum Gasteiger partial charge on any atom is 0.0482 e. The van der Waals surface area contributed by atoms with Crippen molar-refractivity contribution >= 4 is 0 Å². The zero-order valence-electron chi connectivity index (χ0n) is 6.59. The number of allylic oxidation sites excluding steroid dienone is 1. The van der Waals surface area contributed by atoms with Gasteiger partial charge in [-0.3, -0.25) is 10.0 Å². The number of hydrazine groups is 2. The topological polar surface area (TPSA) is 18.5 Å². The first kappa shape index (κ1) is 7.41. The summed E-state index contributed by atoms with van der Waals surface area (Å²) >= 11 is 0. The molecule has 1 aliphatic heterocycles. The first-order chi connectivity index (χ1) is 4.77. The summed E-state index contributed by atoms with van der Waals surface area (Å²) in [5.74, 6) is 0. The molecule has 1 radical (unpaired) electrons. The fraction of sp³-hybridized carbons (Fsp3) is 0.571. The van der Waals surface area contributed by atoms with E-state index < -0.39 is 0 Å². The summed E-state index contributed by atoms with van der Waals surface area (Å²) < 4.78 is 0. The molecule has 1 heterocycles. The van der Waals surface area contributed by atoms with E-state index in [0.29, 0.717) is 0 Å². The van der Waals surface area contributed by atoms with Crippen LogP contribution in [0.15, 0.2) is 11.9 Å². The molecule has 0 atom stereocenters. The van der Waals surface area contributed by atoms with Crippen LogP contribution in [0.5, 0.6) is 0 Å². The van der Waals surface area contributed by atoms with Gasteiger partial charge in [0.2, 0.25) is 0 Å². The molecule has 3 nitrogen and oxygen atoms in total. The zero-order chi connectivity index (χ0) is 7.56. The Labute approximate surface area is 62.2 Å². The van der Waals surface area contributed by atoms with Crippen molar-refractivity contribution in [1.82, 2.24) is 15.6 Å². The summed E-state index contributed by atoms with van der Waals surface area (Å²) in [6.07, 6.45) is 3.12. The highest BCUT2D eigenvalue weighted by molar-refractivity contribution is 5.01. The maximum atomic E-state index is 3.80. The van der Waals surface area contributed by atoms with Gasteiger partial charge in [-0.25, -0.2) is 0 Å². The van der Waals surface area contributed by atoms with Gasteiger partial charge in [-0.05, 0) is 13.3 Å². The average Bonchev–Trinajstić information content (AvgIpc) is 2.30. The SMILES string of the molecule is [CH2]CN1NN(C)C=C1CC. The van der Waals surface area contributed by atoms with Crippen LogP contribution in [0, 0.1) is 6.92 Å². The van der Waals surface area contributed by atoms with Gasteiger partial charge in [0, 0.05) is 25.5 Å². The molecule has 0 spiro atoms. The minimum atomic E-state index is 0.768. The highest BCUT2D eigenvalue weighted by Crippen LogP contribution is 2.11. The minimum Gasteiger partial charge on any atom is -0.299 e. The molecule has 1 rings (SSSR count). The van der Waals surface area contributed by atoms with Crippen molar-refractivity contribution in [1.29, 1.82) is 0 Å². The smallest absolute Gasteiger partial charge is 0.0482 e. The van der Waals surface area contributed by atoms with Crippen LogP contribution in [0.1, 0.15) is 13.3 Å². The molecule has 10 heavy (non-hydrogen) atoms. The van der Waals surface area contributed by atoms with Crippen molar-refractivity contribution in [2.75, 3.05) is 13.6 Å². The molecule has 0 saturated heterocycles. The third-order valence-corrected chi connectivity index (χ3v) is 1.55. The molecule has 0 amide bonds. The number of nitrogens with one attached hydrogen (secondary N) is 1. The van der Waals surface area contributed by atoms with Crippen molar-refractivity contribution in [2.24, 2.45) is 0 Å². The second kappa shape index (κ2) is 2.92. The maximum absolute atomic E-state index is 3.80. The molecule has 0 fully saturated rings. The second-order valence-electron chi connectivity index (χ2n) is 2.34. The molecule has 0 unspecified atom stereocenters. The third-order valence-electron chi connectivity index (χ3n) is 1.55. The van der Waals surface area contributed by atoms with Crippen molar-refractivity contribution in [3.05, 3.63) is 18.8 Å². The van der Waals surface area contributed by atoms with Crippen LogP contribution in [0.4, 0.5) is 0 Å². The van der Waals surface area contributed by atoms with E-state index in [1.54, 1.807) is 0 Å². The Morgan fingerprint density at radius 1 is 1.70 bits per heavy atom. The second-order valence-corrected chi connectivity index (χ2v) is 2.34. The van der Waals surface area contributed by atoms with E-state index in [2.05, 4.69) is 25.6 Å². The first-order valence-corrected chi connectivity index (χ1v) is 3.54. The largest absolute Gasteiger partial charge is 0.299 e. The van der Waals surface area contributed by atoms with Crippen LogP contribution in [0.2, 0.25) is 0 Å². The summed E-state index contributed by atoms with van der Waals surface area (Å²) in [4.78, 5) is 0. The van der Waals surface area contributed by atoms with Gasteiger partial charge in [-0.1, -0.05) is 6.92 Å². The molecule has 0 bridgehead atoms. The first-order valence-electron chi connectivity index (χ1n) is 3.54. The minimum absolute atomic E-state index is 0.768. The van der Waals surface area contributed by atoms with Crippen LogP contribution >= 0.6 is 0 Å². The van der Waals surface area contributed by atoms with E-state index in [1.165, 1.54) is 5.70 Å². The Morgan fingerprint density at radius 3 is 2.80 bits per heavy atom. The summed E-state index contributed by atoms with van der Waals surface area (Å²) in [5.41, 5.74) is 4.41. The van der Waals surface area contributed by atoms with E-state index in [1.807, 2.05) is 17.1 Å². The van der Waals surface area contributed by atoms with E-state index in [9.17, 15) is 0 Å². The van der Waals surface area contributed by atoms with Crippen molar-refractivity contribution < 1.29 is 0 Å². The molecule has 0 aliphatic carbocycles. The molecule has 3 heteroatoms. The molecule has 57 valence electrons. The van der Waals surface area contributed by atoms with Gasteiger partial charge in [0.1, 0.15) is 0 Å². The summed E-state index contributed by atoms with van der Waals surface area (Å²) in [7, 11) is 1.98. The standard InChI is InChI=1S/C7H14N3/c1-4-7-6-9(3)8-10(7)5-2/h6,8H,2,4-5H2,1,3H3. The van der Waals surface area contributed by atoms with Crippen LogP contribution in [0.3, 0.4) is 0 Å². The quantitative estimate of drug-likeness (QED) is 0.610. The molecular weight excluding hydrogens is 126 g/mol. The van der Waals surface area contributed by atoms with Gasteiger partial charge in [-0.2, -0.15) is 0 Å². The van der Waals surface area contributed by atoms with Gasteiger partial charge < -0.3 is 0 Å². The Bertz CT molecular complexity index is 142. The van der Waals surface area contributed by atoms with Crippen LogP contribution in [-0.2, 0) is 0 Å². The number of hydrogen-bond donors (Lipinski definition) is 1. The monoisotopic (exact) mass is 140 g/mol. The lowest BCUT2D eigenvalue weighted by atomic mass is 10.3. The van der Waals surface area contributed by atoms with Crippen molar-refractivity contribution in [3.63, 3.8) is 0 Å². The third kappa shape index (κ3) is 1.24. The van der Waals surface area contributed by atoms with Crippen molar-refractivity contribution in [2.45, 2.75) is 13.3 Å². The number of hydrogen-bond acceptors (Lipinski definition) is 3. The average molecular weight is 140 g/mol. The van der Waals surface area contributed by atoms with Gasteiger partial charge in [0.15, 0.2) is 0 Å². The summed E-state index contributed by atoms with van der Waals surface area (Å²) in [6, 6.07) is 0. The van der Waals surface area contributed by atoms with Gasteiger partial charge in [0.05, 0.1) is 0 Å². The van der Waals surface area contributed by atoms with E-state index in [-0.39, 0.29) is 0 Å². The normalized spacial score (nSPS) is 18.1. The van der Waals surface area contributed by atoms with E-state index >= 15 is 0 Å². The summed E-state index contributed by atoms with van der Waals surface area (Å²) in [5, 5.41) is 3.96. The lowest BCUT2D eigenvalue weighted by Crippen LogP contribution is -2.38. The fourth-order valence-corrected chi connectivity index (χ4v) is 1.05. The predicted octanol–water partition coefficient (Wildman–Crippen LogP) is 0.739. The number of nitrogens with zero attached hydrogens (tertiary/aromatic N) is 2. The zero-order valence-corrected chi connectivity index (χ0v) is 6.59. The number of rotatable bonds is 2. The van der Waals surface area contributed by atoms with Gasteiger partial charge >= 0.3 is 0 Å². The highest BCUT2D eigenvalue weighted by atomic mass is 15.8. The Kier molecular flexibility index (Phi) is 2.17. The van der Waals surface area contributed by atoms with Crippen LogP contribution in [-0.4, -0.2) is 23.6 Å². The molecular formula is C7H14N3. The Balaban J connectivity index is 2.56. The molecule has 1 aliphatic rings. The highest BCUT2D eigenvalue weighted by Gasteiger charge is 2.13. The van der Waals surface area contributed by atoms with E-state index in [4.69, 9.17) is 0 Å². The summed E-state index contributed by atoms with van der Waals surface area (Å²) in [6.45, 7) is 6.70. The Hall–Kier alpha value is -0.700. The van der Waals surface area contributed by atoms with E-state index in [0.717, 1.165) is 13.0 Å². The molecule has 0 saturated carbocycles. The Morgan fingerprint density at radius 2 is 2.40 bits per heavy atom. The molecule has 1 N–H and O–H groups in total. The van der Waals surface area contributed by atoms with Crippen LogP contribution < -0.4 is 5.53 Å². The van der Waals surface area contributed by atoms with Gasteiger partial charge in [-0.15, -0.1) is 5.53 Å². The molecule has 0 aromatic carbocycles. The molecule has 0 aromatic rings. The molecule has 0 aromatic heterocycles. The lowest BCUT2D eigenvalue weighted by molar-refractivity contribution is 0.163.